The number of H-pyrrole nitrogens is 1. The summed E-state index contributed by atoms with van der Waals surface area (Å²) in [5, 5.41) is 0.710. The van der Waals surface area contributed by atoms with Gasteiger partial charge in [0.15, 0.2) is 0 Å². The largest absolute Gasteiger partial charge is 0.462 e. The van der Waals surface area contributed by atoms with Gasteiger partial charge in [-0.25, -0.2) is 9.59 Å². The maximum absolute atomic E-state index is 12.2. The molecule has 1 aromatic carbocycles. The number of carbonyl (C=O) groups excluding carboxylic acids is 2. The fourth-order valence-corrected chi connectivity index (χ4v) is 2.48. The number of ether oxygens (including phenoxy) is 2. The van der Waals surface area contributed by atoms with Crippen LogP contribution in [0.25, 0.3) is 10.9 Å². The van der Waals surface area contributed by atoms with Crippen molar-refractivity contribution >= 4 is 22.8 Å². The summed E-state index contributed by atoms with van der Waals surface area (Å²) >= 11 is 0. The number of aromatic nitrogens is 1. The van der Waals surface area contributed by atoms with Crippen LogP contribution in [0.15, 0.2) is 12.1 Å². The highest BCUT2D eigenvalue weighted by Crippen LogP contribution is 2.28. The lowest BCUT2D eigenvalue weighted by atomic mass is 10.0. The molecule has 0 unspecified atom stereocenters. The summed E-state index contributed by atoms with van der Waals surface area (Å²) in [5.41, 5.74) is 3.10. The normalized spacial score (nSPS) is 10.7. The van der Waals surface area contributed by atoms with E-state index in [1.165, 1.54) is 0 Å². The second-order valence-corrected chi connectivity index (χ2v) is 4.82. The van der Waals surface area contributed by atoms with Crippen molar-refractivity contribution < 1.29 is 19.1 Å². The van der Waals surface area contributed by atoms with E-state index in [4.69, 9.17) is 9.47 Å². The third kappa shape index (κ3) is 2.77. The topological polar surface area (TPSA) is 68.4 Å². The molecule has 2 rings (SSSR count). The van der Waals surface area contributed by atoms with Crippen LogP contribution in [0.2, 0.25) is 0 Å². The Hall–Kier alpha value is -2.30. The quantitative estimate of drug-likeness (QED) is 0.878. The number of fused-ring (bicyclic) bond motifs is 1. The minimum Gasteiger partial charge on any atom is -0.462 e. The summed E-state index contributed by atoms with van der Waals surface area (Å²) < 4.78 is 10.1. The molecule has 112 valence electrons. The molecule has 0 atom stereocenters. The number of esters is 2. The smallest absolute Gasteiger partial charge is 0.355 e. The summed E-state index contributed by atoms with van der Waals surface area (Å²) in [7, 11) is 0. The van der Waals surface area contributed by atoms with Crippen LogP contribution in [0.4, 0.5) is 0 Å². The highest BCUT2D eigenvalue weighted by atomic mass is 16.5. The summed E-state index contributed by atoms with van der Waals surface area (Å²) in [6.07, 6.45) is 0. The molecule has 1 heterocycles. The Kier molecular flexibility index (Phi) is 4.31. The summed E-state index contributed by atoms with van der Waals surface area (Å²) in [4.78, 5) is 27.3. The monoisotopic (exact) mass is 289 g/mol. The molecule has 0 fully saturated rings. The number of nitrogens with one attached hydrogen (secondary N) is 1. The molecule has 0 amide bonds. The SMILES string of the molecule is CCOC(=O)c1[nH]c2cc(C)cc(C)c2c1C(=O)OCC. The van der Waals surface area contributed by atoms with Crippen LogP contribution in [0, 0.1) is 13.8 Å². The van der Waals surface area contributed by atoms with Gasteiger partial charge in [-0.15, -0.1) is 0 Å². The minimum atomic E-state index is -0.547. The number of benzene rings is 1. The Balaban J connectivity index is 2.72. The molecule has 1 N–H and O–H groups in total. The number of aryl methyl sites for hydroxylation is 2. The van der Waals surface area contributed by atoms with E-state index in [2.05, 4.69) is 4.98 Å². The lowest BCUT2D eigenvalue weighted by Gasteiger charge is -2.05. The van der Waals surface area contributed by atoms with E-state index in [1.807, 2.05) is 26.0 Å². The van der Waals surface area contributed by atoms with Crippen LogP contribution >= 0.6 is 0 Å². The van der Waals surface area contributed by atoms with Gasteiger partial charge in [-0.2, -0.15) is 0 Å². The van der Waals surface area contributed by atoms with Gasteiger partial charge in [0.25, 0.3) is 0 Å². The molecule has 0 bridgehead atoms. The Morgan fingerprint density at radius 3 is 2.29 bits per heavy atom. The second kappa shape index (κ2) is 5.99. The number of carbonyl (C=O) groups is 2. The highest BCUT2D eigenvalue weighted by Gasteiger charge is 2.26. The molecule has 0 spiro atoms. The van der Waals surface area contributed by atoms with Crippen LogP contribution in [0.3, 0.4) is 0 Å². The van der Waals surface area contributed by atoms with Gasteiger partial charge in [0.1, 0.15) is 11.3 Å². The van der Waals surface area contributed by atoms with Crippen molar-refractivity contribution in [3.05, 3.63) is 34.5 Å². The van der Waals surface area contributed by atoms with Gasteiger partial charge in [0.05, 0.1) is 13.2 Å². The van der Waals surface area contributed by atoms with Crippen molar-refractivity contribution in [1.29, 1.82) is 0 Å². The maximum Gasteiger partial charge on any atom is 0.355 e. The van der Waals surface area contributed by atoms with Gasteiger partial charge in [-0.05, 0) is 44.9 Å². The number of hydrogen-bond donors (Lipinski definition) is 1. The summed E-state index contributed by atoms with van der Waals surface area (Å²) in [5.74, 6) is -1.06. The van der Waals surface area contributed by atoms with Crippen molar-refractivity contribution in [1.82, 2.24) is 4.98 Å². The van der Waals surface area contributed by atoms with E-state index in [1.54, 1.807) is 13.8 Å². The molecule has 1 aromatic heterocycles. The molecule has 0 aliphatic heterocycles. The van der Waals surface area contributed by atoms with Gasteiger partial charge >= 0.3 is 11.9 Å². The Bertz CT molecular complexity index is 700. The first-order valence-corrected chi connectivity index (χ1v) is 6.96. The summed E-state index contributed by atoms with van der Waals surface area (Å²) in [6, 6.07) is 3.86. The Morgan fingerprint density at radius 2 is 1.67 bits per heavy atom. The van der Waals surface area contributed by atoms with Gasteiger partial charge in [-0.1, -0.05) is 6.07 Å². The maximum atomic E-state index is 12.2. The fraction of sp³-hybridized carbons (Fsp3) is 0.375. The van der Waals surface area contributed by atoms with E-state index >= 15 is 0 Å². The van der Waals surface area contributed by atoms with E-state index < -0.39 is 11.9 Å². The van der Waals surface area contributed by atoms with Crippen molar-refractivity contribution in [2.75, 3.05) is 13.2 Å². The highest BCUT2D eigenvalue weighted by molar-refractivity contribution is 6.13. The van der Waals surface area contributed by atoms with E-state index in [0.717, 1.165) is 16.6 Å². The average Bonchev–Trinajstić information content (AvgIpc) is 2.78. The van der Waals surface area contributed by atoms with Gasteiger partial charge < -0.3 is 14.5 Å². The average molecular weight is 289 g/mol. The van der Waals surface area contributed by atoms with Crippen molar-refractivity contribution in [2.45, 2.75) is 27.7 Å². The number of aromatic amines is 1. The first kappa shape index (κ1) is 15.1. The number of rotatable bonds is 4. The Labute approximate surface area is 123 Å². The molecule has 5 heteroatoms. The lowest BCUT2D eigenvalue weighted by molar-refractivity contribution is 0.0477. The third-order valence-corrected chi connectivity index (χ3v) is 3.20. The standard InChI is InChI=1S/C16H19NO4/c1-5-20-15(18)13-12-10(4)7-9(3)8-11(12)17-14(13)16(19)21-6-2/h7-8,17H,5-6H2,1-4H3. The fourth-order valence-electron chi connectivity index (χ4n) is 2.48. The molecule has 5 nitrogen and oxygen atoms in total. The molecule has 0 saturated carbocycles. The van der Waals surface area contributed by atoms with Gasteiger partial charge in [0.2, 0.25) is 0 Å². The van der Waals surface area contributed by atoms with Crippen LogP contribution < -0.4 is 0 Å². The van der Waals surface area contributed by atoms with E-state index in [-0.39, 0.29) is 24.5 Å². The zero-order chi connectivity index (χ0) is 15.6. The third-order valence-electron chi connectivity index (χ3n) is 3.20. The first-order valence-electron chi connectivity index (χ1n) is 6.96. The predicted octanol–water partition coefficient (Wildman–Crippen LogP) is 3.14. The van der Waals surface area contributed by atoms with E-state index in [9.17, 15) is 9.59 Å². The van der Waals surface area contributed by atoms with Crippen molar-refractivity contribution in [3.63, 3.8) is 0 Å². The Morgan fingerprint density at radius 1 is 1.05 bits per heavy atom. The molecule has 21 heavy (non-hydrogen) atoms. The molecule has 0 aliphatic rings. The second-order valence-electron chi connectivity index (χ2n) is 4.82. The molecule has 0 saturated heterocycles. The van der Waals surface area contributed by atoms with Crippen LogP contribution in [0.1, 0.15) is 45.8 Å². The van der Waals surface area contributed by atoms with Crippen molar-refractivity contribution in [2.24, 2.45) is 0 Å². The molecule has 0 aliphatic carbocycles. The predicted molar refractivity (Wildman–Crippen MR) is 79.7 cm³/mol. The molecular formula is C16H19NO4. The zero-order valence-corrected chi connectivity index (χ0v) is 12.7. The van der Waals surface area contributed by atoms with Gasteiger partial charge in [-0.3, -0.25) is 0 Å². The lowest BCUT2D eigenvalue weighted by Crippen LogP contribution is -2.13. The molecule has 0 radical (unpaired) electrons. The van der Waals surface area contributed by atoms with Gasteiger partial charge in [0, 0.05) is 10.9 Å². The van der Waals surface area contributed by atoms with Crippen LogP contribution in [-0.2, 0) is 9.47 Å². The summed E-state index contributed by atoms with van der Waals surface area (Å²) in [6.45, 7) is 7.81. The molecule has 2 aromatic rings. The van der Waals surface area contributed by atoms with Crippen LogP contribution in [-0.4, -0.2) is 30.1 Å². The minimum absolute atomic E-state index is 0.152. The van der Waals surface area contributed by atoms with Crippen LogP contribution in [0.5, 0.6) is 0 Å². The molecular weight excluding hydrogens is 270 g/mol. The number of hydrogen-bond acceptors (Lipinski definition) is 4. The zero-order valence-electron chi connectivity index (χ0n) is 12.7. The first-order chi connectivity index (χ1) is 9.99. The van der Waals surface area contributed by atoms with Crippen molar-refractivity contribution in [3.8, 4) is 0 Å². The van der Waals surface area contributed by atoms with E-state index in [0.29, 0.717) is 5.39 Å².